The highest BCUT2D eigenvalue weighted by atomic mass is 16.2. The van der Waals surface area contributed by atoms with Crippen LogP contribution in [0.4, 0.5) is 0 Å². The summed E-state index contributed by atoms with van der Waals surface area (Å²) in [5, 5.41) is 3.29. The second-order valence-electron chi connectivity index (χ2n) is 5.42. The number of carbonyl (C=O) groups excluding carboxylic acids is 1. The maximum absolute atomic E-state index is 12.3. The summed E-state index contributed by atoms with van der Waals surface area (Å²) in [7, 11) is 1.94. The van der Waals surface area contributed by atoms with Gasteiger partial charge in [-0.05, 0) is 37.4 Å². The fourth-order valence-corrected chi connectivity index (χ4v) is 2.94. The Morgan fingerprint density at radius 3 is 2.95 bits per heavy atom. The standard InChI is InChI=1S/C16H24N2O/c1-4-17-12(2)11-16(19)18(3)15-10-9-13-7-5-6-8-14(13)15/h5-8,12,15,17H,4,9-11H2,1-3H3. The van der Waals surface area contributed by atoms with E-state index >= 15 is 0 Å². The number of nitrogens with one attached hydrogen (secondary N) is 1. The van der Waals surface area contributed by atoms with Gasteiger partial charge in [-0.25, -0.2) is 0 Å². The first-order chi connectivity index (χ1) is 9.13. The first kappa shape index (κ1) is 14.1. The molecule has 3 nitrogen and oxygen atoms in total. The predicted molar refractivity (Wildman–Crippen MR) is 78.0 cm³/mol. The number of carbonyl (C=O) groups is 1. The third-order valence-corrected chi connectivity index (χ3v) is 4.00. The summed E-state index contributed by atoms with van der Waals surface area (Å²) in [6, 6.07) is 8.99. The second kappa shape index (κ2) is 6.20. The van der Waals surface area contributed by atoms with E-state index in [1.807, 2.05) is 11.9 Å². The Morgan fingerprint density at radius 1 is 1.47 bits per heavy atom. The van der Waals surface area contributed by atoms with Crippen molar-refractivity contribution in [2.24, 2.45) is 0 Å². The lowest BCUT2D eigenvalue weighted by atomic mass is 10.1. The van der Waals surface area contributed by atoms with Crippen molar-refractivity contribution in [1.82, 2.24) is 10.2 Å². The number of rotatable bonds is 5. The van der Waals surface area contributed by atoms with E-state index in [1.54, 1.807) is 0 Å². The molecule has 0 heterocycles. The lowest BCUT2D eigenvalue weighted by Gasteiger charge is -2.27. The van der Waals surface area contributed by atoms with E-state index in [0.29, 0.717) is 6.42 Å². The first-order valence-electron chi connectivity index (χ1n) is 7.20. The van der Waals surface area contributed by atoms with Gasteiger partial charge in [0.25, 0.3) is 0 Å². The van der Waals surface area contributed by atoms with E-state index in [-0.39, 0.29) is 18.0 Å². The van der Waals surface area contributed by atoms with Crippen LogP contribution in [0.5, 0.6) is 0 Å². The zero-order valence-electron chi connectivity index (χ0n) is 12.1. The highest BCUT2D eigenvalue weighted by molar-refractivity contribution is 5.77. The number of amides is 1. The minimum Gasteiger partial charge on any atom is -0.339 e. The van der Waals surface area contributed by atoms with Crippen molar-refractivity contribution >= 4 is 5.91 Å². The van der Waals surface area contributed by atoms with Crippen molar-refractivity contribution in [2.45, 2.75) is 45.2 Å². The number of fused-ring (bicyclic) bond motifs is 1. The molecule has 0 saturated carbocycles. The maximum atomic E-state index is 12.3. The van der Waals surface area contributed by atoms with Gasteiger partial charge in [0, 0.05) is 19.5 Å². The molecule has 0 saturated heterocycles. The van der Waals surface area contributed by atoms with Gasteiger partial charge in [0.15, 0.2) is 0 Å². The van der Waals surface area contributed by atoms with Crippen LogP contribution >= 0.6 is 0 Å². The van der Waals surface area contributed by atoms with Crippen LogP contribution in [-0.4, -0.2) is 30.4 Å². The van der Waals surface area contributed by atoms with Gasteiger partial charge in [-0.3, -0.25) is 4.79 Å². The van der Waals surface area contributed by atoms with Crippen molar-refractivity contribution in [3.05, 3.63) is 35.4 Å². The molecule has 0 spiro atoms. The molecule has 0 fully saturated rings. The molecule has 2 unspecified atom stereocenters. The van der Waals surface area contributed by atoms with Crippen molar-refractivity contribution in [1.29, 1.82) is 0 Å². The minimum absolute atomic E-state index is 0.232. The molecule has 1 aromatic carbocycles. The number of aryl methyl sites for hydroxylation is 1. The summed E-state index contributed by atoms with van der Waals surface area (Å²) in [6.07, 6.45) is 2.71. The Labute approximate surface area is 116 Å². The molecule has 19 heavy (non-hydrogen) atoms. The number of hydrogen-bond donors (Lipinski definition) is 1. The van der Waals surface area contributed by atoms with E-state index < -0.39 is 0 Å². The predicted octanol–water partition coefficient (Wildman–Crippen LogP) is 2.52. The molecular formula is C16H24N2O. The Kier molecular flexibility index (Phi) is 4.59. The van der Waals surface area contributed by atoms with Crippen molar-refractivity contribution in [2.75, 3.05) is 13.6 Å². The van der Waals surface area contributed by atoms with E-state index in [2.05, 4.69) is 43.4 Å². The molecule has 104 valence electrons. The monoisotopic (exact) mass is 260 g/mol. The lowest BCUT2D eigenvalue weighted by Crippen LogP contribution is -2.36. The van der Waals surface area contributed by atoms with Crippen LogP contribution in [0.25, 0.3) is 0 Å². The first-order valence-corrected chi connectivity index (χ1v) is 7.20. The van der Waals surface area contributed by atoms with Gasteiger partial charge in [-0.1, -0.05) is 31.2 Å². The molecule has 0 bridgehead atoms. The van der Waals surface area contributed by atoms with Gasteiger partial charge in [0.2, 0.25) is 5.91 Å². The van der Waals surface area contributed by atoms with Crippen molar-refractivity contribution in [3.8, 4) is 0 Å². The summed E-state index contributed by atoms with van der Waals surface area (Å²) in [5.41, 5.74) is 2.72. The van der Waals surface area contributed by atoms with Gasteiger partial charge in [-0.15, -0.1) is 0 Å². The largest absolute Gasteiger partial charge is 0.339 e. The van der Waals surface area contributed by atoms with Crippen molar-refractivity contribution in [3.63, 3.8) is 0 Å². The summed E-state index contributed by atoms with van der Waals surface area (Å²) >= 11 is 0. The molecular weight excluding hydrogens is 236 g/mol. The average molecular weight is 260 g/mol. The van der Waals surface area contributed by atoms with E-state index in [1.165, 1.54) is 11.1 Å². The van der Waals surface area contributed by atoms with Crippen LogP contribution in [0, 0.1) is 0 Å². The van der Waals surface area contributed by atoms with Gasteiger partial charge in [0.05, 0.1) is 6.04 Å². The molecule has 1 aliphatic rings. The molecule has 2 atom stereocenters. The van der Waals surface area contributed by atoms with E-state index in [4.69, 9.17) is 0 Å². The Bertz CT molecular complexity index is 444. The highest BCUT2D eigenvalue weighted by Gasteiger charge is 2.28. The third-order valence-electron chi connectivity index (χ3n) is 4.00. The molecule has 1 N–H and O–H groups in total. The molecule has 1 amide bonds. The van der Waals surface area contributed by atoms with Crippen LogP contribution in [0.2, 0.25) is 0 Å². The third kappa shape index (κ3) is 3.16. The zero-order chi connectivity index (χ0) is 13.8. The topological polar surface area (TPSA) is 32.3 Å². The summed E-state index contributed by atoms with van der Waals surface area (Å²) in [5.74, 6) is 0.232. The summed E-state index contributed by atoms with van der Waals surface area (Å²) in [6.45, 7) is 5.04. The molecule has 0 aromatic heterocycles. The minimum atomic E-state index is 0.232. The van der Waals surface area contributed by atoms with Crippen LogP contribution in [0.3, 0.4) is 0 Å². The Hall–Kier alpha value is -1.35. The van der Waals surface area contributed by atoms with Crippen molar-refractivity contribution < 1.29 is 4.79 Å². The molecule has 1 aliphatic carbocycles. The molecule has 0 aliphatic heterocycles. The lowest BCUT2D eigenvalue weighted by molar-refractivity contribution is -0.132. The van der Waals surface area contributed by atoms with Gasteiger partial charge in [-0.2, -0.15) is 0 Å². The summed E-state index contributed by atoms with van der Waals surface area (Å²) < 4.78 is 0. The van der Waals surface area contributed by atoms with Gasteiger partial charge < -0.3 is 10.2 Å². The molecule has 0 radical (unpaired) electrons. The normalized spacial score (nSPS) is 19.0. The molecule has 3 heteroatoms. The Morgan fingerprint density at radius 2 is 2.21 bits per heavy atom. The number of hydrogen-bond acceptors (Lipinski definition) is 2. The van der Waals surface area contributed by atoms with Crippen LogP contribution < -0.4 is 5.32 Å². The highest BCUT2D eigenvalue weighted by Crippen LogP contribution is 2.35. The number of benzene rings is 1. The maximum Gasteiger partial charge on any atom is 0.224 e. The van der Waals surface area contributed by atoms with Crippen LogP contribution in [0.1, 0.15) is 43.9 Å². The smallest absolute Gasteiger partial charge is 0.224 e. The zero-order valence-corrected chi connectivity index (χ0v) is 12.1. The SMILES string of the molecule is CCNC(C)CC(=O)N(C)C1CCc2ccccc21. The fraction of sp³-hybridized carbons (Fsp3) is 0.562. The van der Waals surface area contributed by atoms with Gasteiger partial charge in [0.1, 0.15) is 0 Å². The average Bonchev–Trinajstić information content (AvgIpc) is 2.81. The Balaban J connectivity index is 2.01. The van der Waals surface area contributed by atoms with E-state index in [0.717, 1.165) is 19.4 Å². The molecule has 2 rings (SSSR count). The second-order valence-corrected chi connectivity index (χ2v) is 5.42. The quantitative estimate of drug-likeness (QED) is 0.882. The molecule has 1 aromatic rings. The number of nitrogens with zero attached hydrogens (tertiary/aromatic N) is 1. The van der Waals surface area contributed by atoms with Crippen LogP contribution in [-0.2, 0) is 11.2 Å². The van der Waals surface area contributed by atoms with Gasteiger partial charge >= 0.3 is 0 Å². The fourth-order valence-electron chi connectivity index (χ4n) is 2.94. The summed E-state index contributed by atoms with van der Waals surface area (Å²) in [4.78, 5) is 14.2. The van der Waals surface area contributed by atoms with E-state index in [9.17, 15) is 4.79 Å². The van der Waals surface area contributed by atoms with Crippen LogP contribution in [0.15, 0.2) is 24.3 Å².